The Kier molecular flexibility index (Phi) is 4.49. The molecule has 17 heavy (non-hydrogen) atoms. The van der Waals surface area contributed by atoms with Crippen LogP contribution in [0, 0.1) is 0 Å². The largest absolute Gasteiger partial charge is 0.473 e. The minimum Gasteiger partial charge on any atom is -0.473 e. The van der Waals surface area contributed by atoms with Crippen LogP contribution in [0.3, 0.4) is 0 Å². The van der Waals surface area contributed by atoms with Crippen molar-refractivity contribution in [2.24, 2.45) is 5.73 Å². The maximum atomic E-state index is 5.44. The Bertz CT molecular complexity index is 376. The van der Waals surface area contributed by atoms with E-state index >= 15 is 0 Å². The number of rotatable bonds is 5. The number of hydrogen-bond acceptors (Lipinski definition) is 5. The van der Waals surface area contributed by atoms with E-state index in [1.54, 1.807) is 6.20 Å². The second-order valence-electron chi connectivity index (χ2n) is 3.52. The Hall–Kier alpha value is -1.43. The summed E-state index contributed by atoms with van der Waals surface area (Å²) in [6.45, 7) is 2.23. The first-order valence-electron chi connectivity index (χ1n) is 5.57. The van der Waals surface area contributed by atoms with E-state index < -0.39 is 0 Å². The van der Waals surface area contributed by atoms with Gasteiger partial charge in [-0.15, -0.1) is 0 Å². The topological polar surface area (TPSA) is 66.6 Å². The lowest BCUT2D eigenvalue weighted by atomic mass is 10.2. The van der Waals surface area contributed by atoms with Crippen molar-refractivity contribution in [1.82, 2.24) is 4.98 Å². The van der Waals surface area contributed by atoms with Gasteiger partial charge in [0.05, 0.1) is 13.2 Å². The zero-order chi connectivity index (χ0) is 11.9. The molecule has 0 amide bonds. The summed E-state index contributed by atoms with van der Waals surface area (Å²) in [6.07, 6.45) is 5.09. The molecule has 2 heterocycles. The number of nitrogens with zero attached hydrogens (tertiary/aromatic N) is 1. The Morgan fingerprint density at radius 1 is 1.41 bits per heavy atom. The van der Waals surface area contributed by atoms with Gasteiger partial charge in [0, 0.05) is 24.4 Å². The lowest BCUT2D eigenvalue weighted by Crippen LogP contribution is -2.02. The van der Waals surface area contributed by atoms with Crippen molar-refractivity contribution in [1.29, 1.82) is 0 Å². The molecule has 1 fully saturated rings. The van der Waals surface area contributed by atoms with Crippen molar-refractivity contribution in [3.05, 3.63) is 36.0 Å². The van der Waals surface area contributed by atoms with Crippen molar-refractivity contribution in [3.63, 3.8) is 0 Å². The van der Waals surface area contributed by atoms with E-state index in [0.29, 0.717) is 32.2 Å². The molecule has 0 aromatic carbocycles. The SMILES string of the molecule is NC/C=C/COc1cc(C2OCCO2)ccn1. The summed E-state index contributed by atoms with van der Waals surface area (Å²) in [7, 11) is 0. The molecule has 5 nitrogen and oxygen atoms in total. The molecule has 0 radical (unpaired) electrons. The average Bonchev–Trinajstić information content (AvgIpc) is 2.89. The minimum absolute atomic E-state index is 0.292. The maximum Gasteiger partial charge on any atom is 0.213 e. The Labute approximate surface area is 100 Å². The van der Waals surface area contributed by atoms with Gasteiger partial charge in [0.2, 0.25) is 5.88 Å². The van der Waals surface area contributed by atoms with Gasteiger partial charge in [-0.3, -0.25) is 0 Å². The lowest BCUT2D eigenvalue weighted by molar-refractivity contribution is -0.0443. The molecule has 0 saturated carbocycles. The fourth-order valence-corrected chi connectivity index (χ4v) is 1.50. The Morgan fingerprint density at radius 3 is 3.00 bits per heavy atom. The molecule has 0 spiro atoms. The third-order valence-electron chi connectivity index (χ3n) is 2.28. The van der Waals surface area contributed by atoms with Crippen LogP contribution in [-0.4, -0.2) is 31.3 Å². The average molecular weight is 236 g/mol. The summed E-state index contributed by atoms with van der Waals surface area (Å²) in [5, 5.41) is 0. The van der Waals surface area contributed by atoms with Gasteiger partial charge < -0.3 is 19.9 Å². The van der Waals surface area contributed by atoms with Gasteiger partial charge in [0.15, 0.2) is 6.29 Å². The fraction of sp³-hybridized carbons (Fsp3) is 0.417. The Morgan fingerprint density at radius 2 is 2.24 bits per heavy atom. The Balaban J connectivity index is 1.93. The van der Waals surface area contributed by atoms with E-state index in [0.717, 1.165) is 5.56 Å². The third-order valence-corrected chi connectivity index (χ3v) is 2.28. The van der Waals surface area contributed by atoms with Crippen LogP contribution in [0.15, 0.2) is 30.5 Å². The quantitative estimate of drug-likeness (QED) is 0.773. The van der Waals surface area contributed by atoms with E-state index in [-0.39, 0.29) is 6.29 Å². The molecule has 0 unspecified atom stereocenters. The molecule has 0 aliphatic carbocycles. The summed E-state index contributed by atoms with van der Waals surface area (Å²) >= 11 is 0. The zero-order valence-corrected chi connectivity index (χ0v) is 9.54. The lowest BCUT2D eigenvalue weighted by Gasteiger charge is -2.10. The van der Waals surface area contributed by atoms with Gasteiger partial charge in [0.1, 0.15) is 6.61 Å². The van der Waals surface area contributed by atoms with Crippen LogP contribution in [-0.2, 0) is 9.47 Å². The van der Waals surface area contributed by atoms with E-state index in [2.05, 4.69) is 4.98 Å². The molecule has 5 heteroatoms. The first-order chi connectivity index (χ1) is 8.40. The molecule has 2 N–H and O–H groups in total. The predicted octanol–water partition coefficient (Wildman–Crippen LogP) is 1.02. The standard InChI is InChI=1S/C12H16N2O3/c13-4-1-2-6-15-11-9-10(3-5-14-11)12-16-7-8-17-12/h1-3,5,9,12H,4,6-8,13H2/b2-1+. The van der Waals surface area contributed by atoms with Gasteiger partial charge in [-0.25, -0.2) is 4.98 Å². The molecule has 1 saturated heterocycles. The smallest absolute Gasteiger partial charge is 0.213 e. The highest BCUT2D eigenvalue weighted by atomic mass is 16.7. The summed E-state index contributed by atoms with van der Waals surface area (Å²) < 4.78 is 16.2. The number of nitrogens with two attached hydrogens (primary N) is 1. The highest BCUT2D eigenvalue weighted by Crippen LogP contribution is 2.24. The van der Waals surface area contributed by atoms with Crippen LogP contribution in [0.25, 0.3) is 0 Å². The van der Waals surface area contributed by atoms with E-state index in [1.165, 1.54) is 0 Å². The number of ether oxygens (including phenoxy) is 3. The summed E-state index contributed by atoms with van der Waals surface area (Å²) in [4.78, 5) is 4.11. The molecule has 1 aromatic rings. The molecule has 92 valence electrons. The molecule has 0 bridgehead atoms. The monoisotopic (exact) mass is 236 g/mol. The summed E-state index contributed by atoms with van der Waals surface area (Å²) in [5.41, 5.74) is 6.25. The van der Waals surface area contributed by atoms with Crippen LogP contribution in [0.1, 0.15) is 11.9 Å². The van der Waals surface area contributed by atoms with Crippen molar-refractivity contribution >= 4 is 0 Å². The van der Waals surface area contributed by atoms with Gasteiger partial charge in [-0.2, -0.15) is 0 Å². The van der Waals surface area contributed by atoms with E-state index in [1.807, 2.05) is 24.3 Å². The minimum atomic E-state index is -0.292. The molecule has 1 aromatic heterocycles. The number of pyridine rings is 1. The molecular weight excluding hydrogens is 220 g/mol. The van der Waals surface area contributed by atoms with Crippen molar-refractivity contribution in [2.45, 2.75) is 6.29 Å². The molecule has 1 aliphatic rings. The maximum absolute atomic E-state index is 5.44. The van der Waals surface area contributed by atoms with E-state index in [9.17, 15) is 0 Å². The predicted molar refractivity (Wildman–Crippen MR) is 62.6 cm³/mol. The first-order valence-corrected chi connectivity index (χ1v) is 5.57. The zero-order valence-electron chi connectivity index (χ0n) is 9.54. The molecule has 1 aliphatic heterocycles. The summed E-state index contributed by atoms with van der Waals surface area (Å²) in [5.74, 6) is 0.559. The highest BCUT2D eigenvalue weighted by Gasteiger charge is 2.18. The van der Waals surface area contributed by atoms with Crippen molar-refractivity contribution in [3.8, 4) is 5.88 Å². The second kappa shape index (κ2) is 6.34. The second-order valence-corrected chi connectivity index (χ2v) is 3.52. The van der Waals surface area contributed by atoms with Crippen LogP contribution in [0.2, 0.25) is 0 Å². The van der Waals surface area contributed by atoms with Gasteiger partial charge in [-0.1, -0.05) is 12.2 Å². The molecule has 0 atom stereocenters. The van der Waals surface area contributed by atoms with Gasteiger partial charge in [-0.05, 0) is 6.07 Å². The number of aromatic nitrogens is 1. The highest BCUT2D eigenvalue weighted by molar-refractivity contribution is 5.22. The van der Waals surface area contributed by atoms with Crippen molar-refractivity contribution < 1.29 is 14.2 Å². The van der Waals surface area contributed by atoms with Gasteiger partial charge >= 0.3 is 0 Å². The molecule has 2 rings (SSSR count). The summed E-state index contributed by atoms with van der Waals surface area (Å²) in [6, 6.07) is 3.69. The number of hydrogen-bond donors (Lipinski definition) is 1. The fourth-order valence-electron chi connectivity index (χ4n) is 1.50. The normalized spacial score (nSPS) is 16.8. The molecular formula is C12H16N2O3. The van der Waals surface area contributed by atoms with Crippen LogP contribution >= 0.6 is 0 Å². The van der Waals surface area contributed by atoms with Crippen LogP contribution in [0.5, 0.6) is 5.88 Å². The van der Waals surface area contributed by atoms with Gasteiger partial charge in [0.25, 0.3) is 0 Å². The van der Waals surface area contributed by atoms with Crippen molar-refractivity contribution in [2.75, 3.05) is 26.4 Å². The van der Waals surface area contributed by atoms with Crippen LogP contribution < -0.4 is 10.5 Å². The van der Waals surface area contributed by atoms with Crippen LogP contribution in [0.4, 0.5) is 0 Å². The van der Waals surface area contributed by atoms with E-state index in [4.69, 9.17) is 19.9 Å². The first kappa shape index (κ1) is 12.0. The third kappa shape index (κ3) is 3.52.